The minimum atomic E-state index is -3.78. The lowest BCUT2D eigenvalue weighted by Gasteiger charge is -2.12. The Morgan fingerprint density at radius 2 is 2.00 bits per heavy atom. The number of esters is 1. The van der Waals surface area contributed by atoms with E-state index in [0.29, 0.717) is 11.3 Å². The van der Waals surface area contributed by atoms with Crippen LogP contribution in [0.15, 0.2) is 17.0 Å². The fourth-order valence-electron chi connectivity index (χ4n) is 1.58. The number of aryl methyl sites for hydroxylation is 1. The number of hydrogen-bond donors (Lipinski definition) is 2. The largest absolute Gasteiger partial charge is 0.465 e. The second-order valence-corrected chi connectivity index (χ2v) is 5.83. The number of carbonyl (C=O) groups is 1. The van der Waals surface area contributed by atoms with Gasteiger partial charge in [0, 0.05) is 5.69 Å². The molecule has 0 aliphatic carbocycles. The first-order valence-corrected chi connectivity index (χ1v) is 7.28. The molecule has 0 unspecified atom stereocenters. The van der Waals surface area contributed by atoms with Gasteiger partial charge in [-0.05, 0) is 44.0 Å². The highest BCUT2D eigenvalue weighted by molar-refractivity contribution is 7.89. The van der Waals surface area contributed by atoms with Crippen molar-refractivity contribution in [2.45, 2.75) is 25.7 Å². The molecule has 0 atom stereocenters. The Kier molecular flexibility index (Phi) is 4.90. The summed E-state index contributed by atoms with van der Waals surface area (Å²) in [6, 6.07) is 3.07. The molecule has 7 heteroatoms. The van der Waals surface area contributed by atoms with E-state index in [1.165, 1.54) is 6.07 Å². The molecule has 3 N–H and O–H groups in total. The van der Waals surface area contributed by atoms with Crippen molar-refractivity contribution in [2.24, 2.45) is 0 Å². The van der Waals surface area contributed by atoms with Crippen LogP contribution >= 0.6 is 0 Å². The van der Waals surface area contributed by atoms with Gasteiger partial charge in [-0.25, -0.2) is 8.42 Å². The molecule has 0 saturated heterocycles. The van der Waals surface area contributed by atoms with Crippen LogP contribution in [0.5, 0.6) is 0 Å². The molecule has 0 aliphatic rings. The van der Waals surface area contributed by atoms with Gasteiger partial charge in [0.25, 0.3) is 0 Å². The van der Waals surface area contributed by atoms with E-state index in [1.54, 1.807) is 26.8 Å². The van der Waals surface area contributed by atoms with E-state index in [9.17, 15) is 13.2 Å². The molecule has 19 heavy (non-hydrogen) atoms. The van der Waals surface area contributed by atoms with Crippen LogP contribution in [0.3, 0.4) is 0 Å². The number of nitrogens with two attached hydrogens (primary N) is 1. The molecule has 0 aromatic heterocycles. The summed E-state index contributed by atoms with van der Waals surface area (Å²) in [5.41, 5.74) is 7.38. The van der Waals surface area contributed by atoms with Crippen LogP contribution in [-0.2, 0) is 19.6 Å². The van der Waals surface area contributed by atoms with Crippen molar-refractivity contribution in [3.8, 4) is 0 Å². The number of rotatable bonds is 5. The summed E-state index contributed by atoms with van der Waals surface area (Å²) in [6.07, 6.45) is 0. The highest BCUT2D eigenvalue weighted by atomic mass is 32.2. The molecule has 0 spiro atoms. The number of ether oxygens (including phenoxy) is 1. The second kappa shape index (κ2) is 6.03. The van der Waals surface area contributed by atoms with Crippen molar-refractivity contribution in [1.82, 2.24) is 4.72 Å². The lowest BCUT2D eigenvalue weighted by molar-refractivity contribution is -0.141. The van der Waals surface area contributed by atoms with E-state index >= 15 is 0 Å². The van der Waals surface area contributed by atoms with Gasteiger partial charge in [0.05, 0.1) is 11.5 Å². The van der Waals surface area contributed by atoms with Gasteiger partial charge in [-0.1, -0.05) is 0 Å². The van der Waals surface area contributed by atoms with Crippen molar-refractivity contribution in [3.63, 3.8) is 0 Å². The summed E-state index contributed by atoms with van der Waals surface area (Å²) < 4.78 is 31.0. The summed E-state index contributed by atoms with van der Waals surface area (Å²) in [4.78, 5) is 11.2. The normalized spacial score (nSPS) is 11.3. The van der Waals surface area contributed by atoms with Gasteiger partial charge in [-0.3, -0.25) is 4.79 Å². The van der Waals surface area contributed by atoms with Crippen LogP contribution < -0.4 is 10.5 Å². The zero-order valence-corrected chi connectivity index (χ0v) is 12.0. The average molecular weight is 286 g/mol. The molecule has 1 rings (SSSR count). The number of sulfonamides is 1. The van der Waals surface area contributed by atoms with Crippen LogP contribution in [0.4, 0.5) is 5.69 Å². The summed E-state index contributed by atoms with van der Waals surface area (Å²) in [5, 5.41) is 0. The zero-order chi connectivity index (χ0) is 14.6. The first-order valence-electron chi connectivity index (χ1n) is 5.80. The van der Waals surface area contributed by atoms with Gasteiger partial charge in [0.2, 0.25) is 10.0 Å². The van der Waals surface area contributed by atoms with Crippen LogP contribution in [0.25, 0.3) is 0 Å². The lowest BCUT2D eigenvalue weighted by Crippen LogP contribution is -2.31. The minimum Gasteiger partial charge on any atom is -0.465 e. The molecular formula is C12H18N2O4S. The van der Waals surface area contributed by atoms with E-state index in [1.807, 2.05) is 0 Å². The third-order valence-electron chi connectivity index (χ3n) is 2.64. The Bertz CT molecular complexity index is 582. The van der Waals surface area contributed by atoms with Crippen molar-refractivity contribution >= 4 is 21.7 Å². The van der Waals surface area contributed by atoms with Crippen molar-refractivity contribution in [1.29, 1.82) is 0 Å². The van der Waals surface area contributed by atoms with Gasteiger partial charge in [-0.2, -0.15) is 4.72 Å². The van der Waals surface area contributed by atoms with E-state index in [2.05, 4.69) is 9.46 Å². The molecular weight excluding hydrogens is 268 g/mol. The third-order valence-corrected chi connectivity index (χ3v) is 4.17. The van der Waals surface area contributed by atoms with Crippen LogP contribution in [0.1, 0.15) is 18.1 Å². The smallest absolute Gasteiger partial charge is 0.321 e. The molecule has 6 nitrogen and oxygen atoms in total. The molecule has 1 aromatic rings. The summed E-state index contributed by atoms with van der Waals surface area (Å²) in [6.45, 7) is 4.92. The third kappa shape index (κ3) is 3.93. The maximum atomic E-state index is 12.1. The topological polar surface area (TPSA) is 98.5 Å². The number of nitrogen functional groups attached to an aromatic ring is 1. The number of anilines is 1. The predicted octanol–water partition coefficient (Wildman–Crippen LogP) is 0.727. The Balaban J connectivity index is 2.98. The molecule has 0 aliphatic heterocycles. The number of nitrogens with one attached hydrogen (secondary N) is 1. The SMILES string of the molecule is CCOC(=O)CNS(=O)(=O)c1cc(N)cc(C)c1C. The molecule has 0 heterocycles. The fraction of sp³-hybridized carbons (Fsp3) is 0.417. The lowest BCUT2D eigenvalue weighted by atomic mass is 10.1. The van der Waals surface area contributed by atoms with Gasteiger partial charge in [-0.15, -0.1) is 0 Å². The Hall–Kier alpha value is -1.60. The van der Waals surface area contributed by atoms with Gasteiger partial charge < -0.3 is 10.5 Å². The molecule has 0 radical (unpaired) electrons. The molecule has 0 fully saturated rings. The van der Waals surface area contributed by atoms with Gasteiger partial charge in [0.15, 0.2) is 0 Å². The molecule has 106 valence electrons. The van der Waals surface area contributed by atoms with Crippen LogP contribution in [0, 0.1) is 13.8 Å². The van der Waals surface area contributed by atoms with Crippen LogP contribution in [0.2, 0.25) is 0 Å². The van der Waals surface area contributed by atoms with Gasteiger partial charge in [0.1, 0.15) is 6.54 Å². The highest BCUT2D eigenvalue weighted by Gasteiger charge is 2.19. The number of carbonyl (C=O) groups excluding carboxylic acids is 1. The molecule has 0 saturated carbocycles. The van der Waals surface area contributed by atoms with Crippen molar-refractivity contribution < 1.29 is 17.9 Å². The molecule has 0 bridgehead atoms. The predicted molar refractivity (Wildman–Crippen MR) is 72.1 cm³/mol. The molecule has 1 aromatic carbocycles. The van der Waals surface area contributed by atoms with Gasteiger partial charge >= 0.3 is 5.97 Å². The fourth-order valence-corrected chi connectivity index (χ4v) is 2.90. The van der Waals surface area contributed by atoms with E-state index in [-0.39, 0.29) is 11.5 Å². The quantitative estimate of drug-likeness (QED) is 0.614. The Morgan fingerprint density at radius 1 is 1.37 bits per heavy atom. The van der Waals surface area contributed by atoms with Crippen molar-refractivity contribution in [2.75, 3.05) is 18.9 Å². The number of hydrogen-bond acceptors (Lipinski definition) is 5. The second-order valence-electron chi connectivity index (χ2n) is 4.09. The zero-order valence-electron chi connectivity index (χ0n) is 11.2. The van der Waals surface area contributed by atoms with E-state index < -0.39 is 22.5 Å². The van der Waals surface area contributed by atoms with E-state index in [0.717, 1.165) is 5.56 Å². The van der Waals surface area contributed by atoms with E-state index in [4.69, 9.17) is 5.73 Å². The van der Waals surface area contributed by atoms with Crippen molar-refractivity contribution in [3.05, 3.63) is 23.3 Å². The first-order chi connectivity index (χ1) is 8.77. The Morgan fingerprint density at radius 3 is 2.58 bits per heavy atom. The minimum absolute atomic E-state index is 0.0781. The summed E-state index contributed by atoms with van der Waals surface area (Å²) in [7, 11) is -3.78. The Labute approximate surface area is 113 Å². The highest BCUT2D eigenvalue weighted by Crippen LogP contribution is 2.21. The molecule has 0 amide bonds. The van der Waals surface area contributed by atoms with Crippen LogP contribution in [-0.4, -0.2) is 27.5 Å². The maximum absolute atomic E-state index is 12.1. The average Bonchev–Trinajstić information content (AvgIpc) is 2.31. The monoisotopic (exact) mass is 286 g/mol. The maximum Gasteiger partial charge on any atom is 0.321 e. The standard InChI is InChI=1S/C12H18N2O4S/c1-4-18-12(15)7-14-19(16,17)11-6-10(13)5-8(2)9(11)3/h5-6,14H,4,7,13H2,1-3H3. The summed E-state index contributed by atoms with van der Waals surface area (Å²) >= 11 is 0. The number of benzene rings is 1. The summed E-state index contributed by atoms with van der Waals surface area (Å²) in [5.74, 6) is -0.621. The first kappa shape index (κ1) is 15.5.